The molecule has 1 aliphatic rings. The molecular weight excluding hydrogens is 406 g/mol. The van der Waals surface area contributed by atoms with Crippen molar-refractivity contribution in [3.8, 4) is 11.3 Å². The maximum absolute atomic E-state index is 12.4. The van der Waals surface area contributed by atoms with Crippen LogP contribution in [-0.2, 0) is 0 Å². The second-order valence-electron chi connectivity index (χ2n) is 6.73. The number of halogens is 1. The summed E-state index contributed by atoms with van der Waals surface area (Å²) in [5.74, 6) is 0.450. The zero-order valence-electron chi connectivity index (χ0n) is 14.8. The molecule has 0 aliphatic carbocycles. The van der Waals surface area contributed by atoms with Gasteiger partial charge in [0.05, 0.1) is 0 Å². The highest BCUT2D eigenvalue weighted by Crippen LogP contribution is 2.26. The van der Waals surface area contributed by atoms with E-state index in [0.717, 1.165) is 29.5 Å². The molecule has 27 heavy (non-hydrogen) atoms. The lowest BCUT2D eigenvalue weighted by molar-refractivity contribution is 0.0911. The van der Waals surface area contributed by atoms with Crippen LogP contribution in [-0.4, -0.2) is 30.7 Å². The van der Waals surface area contributed by atoms with Gasteiger partial charge in [-0.2, -0.15) is 0 Å². The number of benzene rings is 2. The monoisotopic (exact) mass is 425 g/mol. The molecule has 5 nitrogen and oxygen atoms in total. The van der Waals surface area contributed by atoms with Gasteiger partial charge in [-0.25, -0.2) is 0 Å². The second-order valence-corrected chi connectivity index (χ2v) is 7.65. The Labute approximate surface area is 166 Å². The van der Waals surface area contributed by atoms with Gasteiger partial charge in [-0.1, -0.05) is 57.5 Å². The summed E-state index contributed by atoms with van der Waals surface area (Å²) < 4.78 is 6.30. The van der Waals surface area contributed by atoms with Crippen molar-refractivity contribution in [3.63, 3.8) is 0 Å². The number of carbonyl (C=O) groups excluding carboxylic acids is 1. The Morgan fingerprint density at radius 1 is 1.19 bits per heavy atom. The van der Waals surface area contributed by atoms with Crippen LogP contribution in [0, 0.1) is 5.92 Å². The van der Waals surface area contributed by atoms with E-state index < -0.39 is 0 Å². The summed E-state index contributed by atoms with van der Waals surface area (Å²) in [4.78, 5) is 14.7. The highest BCUT2D eigenvalue weighted by Gasteiger charge is 2.24. The fraction of sp³-hybridized carbons (Fsp3) is 0.238. The molecule has 0 bridgehead atoms. The van der Waals surface area contributed by atoms with Crippen molar-refractivity contribution in [2.24, 2.45) is 5.92 Å². The van der Waals surface area contributed by atoms with Crippen molar-refractivity contribution in [1.29, 1.82) is 0 Å². The number of amides is 1. The van der Waals surface area contributed by atoms with Gasteiger partial charge in [0.2, 0.25) is 5.76 Å². The molecule has 0 radical (unpaired) electrons. The lowest BCUT2D eigenvalue weighted by atomic mass is 10.1. The van der Waals surface area contributed by atoms with Crippen LogP contribution in [0.15, 0.2) is 69.7 Å². The average Bonchev–Trinajstić information content (AvgIpc) is 3.37. The SMILES string of the molecule is O=C(NCC1CCN(c2cccc(Br)c2)C1)c1cc(-c2ccccc2)no1. The van der Waals surface area contributed by atoms with Crippen LogP contribution in [0.4, 0.5) is 5.69 Å². The molecule has 138 valence electrons. The average molecular weight is 426 g/mol. The number of anilines is 1. The van der Waals surface area contributed by atoms with E-state index >= 15 is 0 Å². The van der Waals surface area contributed by atoms with E-state index in [4.69, 9.17) is 4.52 Å². The molecule has 1 atom stereocenters. The van der Waals surface area contributed by atoms with Gasteiger partial charge in [0, 0.05) is 41.4 Å². The minimum Gasteiger partial charge on any atom is -0.371 e. The molecule has 1 fully saturated rings. The van der Waals surface area contributed by atoms with Crippen molar-refractivity contribution in [2.75, 3.05) is 24.5 Å². The smallest absolute Gasteiger partial charge is 0.289 e. The van der Waals surface area contributed by atoms with Crippen LogP contribution in [0.5, 0.6) is 0 Å². The maximum Gasteiger partial charge on any atom is 0.289 e. The molecule has 6 heteroatoms. The molecule has 1 aliphatic heterocycles. The Morgan fingerprint density at radius 2 is 2.04 bits per heavy atom. The summed E-state index contributed by atoms with van der Waals surface area (Å²) in [6.07, 6.45) is 1.05. The first-order chi connectivity index (χ1) is 13.2. The van der Waals surface area contributed by atoms with Crippen LogP contribution in [0.1, 0.15) is 17.0 Å². The lowest BCUT2D eigenvalue weighted by Gasteiger charge is -2.19. The largest absolute Gasteiger partial charge is 0.371 e. The summed E-state index contributed by atoms with van der Waals surface area (Å²) >= 11 is 3.52. The number of hydrogen-bond acceptors (Lipinski definition) is 4. The molecule has 0 saturated carbocycles. The molecule has 2 aromatic carbocycles. The fourth-order valence-electron chi connectivity index (χ4n) is 3.36. The predicted octanol–water partition coefficient (Wildman–Crippen LogP) is 4.36. The minimum absolute atomic E-state index is 0.217. The Morgan fingerprint density at radius 3 is 2.85 bits per heavy atom. The summed E-state index contributed by atoms with van der Waals surface area (Å²) in [5, 5.41) is 6.98. The maximum atomic E-state index is 12.4. The highest BCUT2D eigenvalue weighted by atomic mass is 79.9. The highest BCUT2D eigenvalue weighted by molar-refractivity contribution is 9.10. The molecule has 1 unspecified atom stereocenters. The third kappa shape index (κ3) is 4.22. The van der Waals surface area contributed by atoms with E-state index in [-0.39, 0.29) is 11.7 Å². The summed E-state index contributed by atoms with van der Waals surface area (Å²) in [7, 11) is 0. The number of rotatable bonds is 5. The van der Waals surface area contributed by atoms with Crippen LogP contribution in [0.2, 0.25) is 0 Å². The summed E-state index contributed by atoms with van der Waals surface area (Å²) in [6, 6.07) is 19.7. The molecule has 1 N–H and O–H groups in total. The quantitative estimate of drug-likeness (QED) is 0.659. The first kappa shape index (κ1) is 17.8. The van der Waals surface area contributed by atoms with Gasteiger partial charge in [-0.15, -0.1) is 0 Å². The van der Waals surface area contributed by atoms with Gasteiger partial charge < -0.3 is 14.7 Å². The molecule has 4 rings (SSSR count). The van der Waals surface area contributed by atoms with Gasteiger partial charge in [-0.05, 0) is 30.5 Å². The first-order valence-electron chi connectivity index (χ1n) is 9.00. The van der Waals surface area contributed by atoms with Crippen molar-refractivity contribution < 1.29 is 9.32 Å². The van der Waals surface area contributed by atoms with Crippen molar-refractivity contribution in [1.82, 2.24) is 10.5 Å². The van der Waals surface area contributed by atoms with E-state index in [9.17, 15) is 4.79 Å². The lowest BCUT2D eigenvalue weighted by Crippen LogP contribution is -2.30. The van der Waals surface area contributed by atoms with E-state index in [0.29, 0.717) is 18.2 Å². The number of aromatic nitrogens is 1. The Bertz CT molecular complexity index is 926. The molecule has 3 aromatic rings. The Hall–Kier alpha value is -2.60. The molecule has 2 heterocycles. The Kier molecular flexibility index (Phi) is 5.25. The second kappa shape index (κ2) is 7.96. The van der Waals surface area contributed by atoms with Gasteiger partial charge in [0.25, 0.3) is 5.91 Å². The number of nitrogens with zero attached hydrogens (tertiary/aromatic N) is 2. The molecule has 1 aromatic heterocycles. The van der Waals surface area contributed by atoms with E-state index in [2.05, 4.69) is 43.4 Å². The van der Waals surface area contributed by atoms with Crippen molar-refractivity contribution in [2.45, 2.75) is 6.42 Å². The normalized spacial score (nSPS) is 16.5. The molecule has 1 amide bonds. The van der Waals surface area contributed by atoms with Gasteiger partial charge >= 0.3 is 0 Å². The number of hydrogen-bond donors (Lipinski definition) is 1. The van der Waals surface area contributed by atoms with Crippen molar-refractivity contribution in [3.05, 3.63) is 70.9 Å². The molecule has 0 spiro atoms. The number of carbonyl (C=O) groups is 1. The standard InChI is InChI=1S/C21H20BrN3O2/c22-17-7-4-8-18(11-17)25-10-9-15(14-25)13-23-21(26)20-12-19(24-27-20)16-5-2-1-3-6-16/h1-8,11-12,15H,9-10,13-14H2,(H,23,26). The third-order valence-electron chi connectivity index (χ3n) is 4.81. The van der Waals surface area contributed by atoms with Crippen LogP contribution in [0.3, 0.4) is 0 Å². The van der Waals surface area contributed by atoms with Crippen LogP contribution < -0.4 is 10.2 Å². The third-order valence-corrected chi connectivity index (χ3v) is 5.31. The Balaban J connectivity index is 1.32. The number of nitrogens with one attached hydrogen (secondary N) is 1. The molecular formula is C21H20BrN3O2. The zero-order valence-corrected chi connectivity index (χ0v) is 16.4. The van der Waals surface area contributed by atoms with E-state index in [1.807, 2.05) is 42.5 Å². The van der Waals surface area contributed by atoms with E-state index in [1.54, 1.807) is 6.07 Å². The van der Waals surface area contributed by atoms with E-state index in [1.165, 1.54) is 5.69 Å². The minimum atomic E-state index is -0.217. The van der Waals surface area contributed by atoms with Gasteiger partial charge in [-0.3, -0.25) is 4.79 Å². The topological polar surface area (TPSA) is 58.4 Å². The van der Waals surface area contributed by atoms with Crippen molar-refractivity contribution >= 4 is 27.5 Å². The van der Waals surface area contributed by atoms with Gasteiger partial charge in [0.1, 0.15) is 5.69 Å². The van der Waals surface area contributed by atoms with Gasteiger partial charge in [0.15, 0.2) is 0 Å². The van der Waals surface area contributed by atoms with Crippen LogP contribution in [0.25, 0.3) is 11.3 Å². The first-order valence-corrected chi connectivity index (χ1v) is 9.79. The predicted molar refractivity (Wildman–Crippen MR) is 109 cm³/mol. The van der Waals surface area contributed by atoms with Crippen LogP contribution >= 0.6 is 15.9 Å². The molecule has 1 saturated heterocycles. The summed E-state index contributed by atoms with van der Waals surface area (Å²) in [6.45, 7) is 2.56. The fourth-order valence-corrected chi connectivity index (χ4v) is 3.75. The zero-order chi connectivity index (χ0) is 18.6. The summed E-state index contributed by atoms with van der Waals surface area (Å²) in [5.41, 5.74) is 2.81.